The van der Waals surface area contributed by atoms with Gasteiger partial charge in [0.2, 0.25) is 0 Å². The summed E-state index contributed by atoms with van der Waals surface area (Å²) in [7, 11) is 0. The molecule has 4 nitrogen and oxygen atoms in total. The summed E-state index contributed by atoms with van der Waals surface area (Å²) in [4.78, 5) is 4.30. The SMILES string of the molecule is CC(N)c1n[nH]c(CC(C)(C)C)n1. The molecule has 1 atom stereocenters. The van der Waals surface area contributed by atoms with Gasteiger partial charge in [-0.15, -0.1) is 0 Å². The number of nitrogens with two attached hydrogens (primary N) is 1. The second kappa shape index (κ2) is 3.46. The minimum absolute atomic E-state index is 0.0926. The molecule has 0 amide bonds. The highest BCUT2D eigenvalue weighted by molar-refractivity contribution is 4.96. The highest BCUT2D eigenvalue weighted by atomic mass is 15.2. The fraction of sp³-hybridized carbons (Fsp3) is 0.778. The summed E-state index contributed by atoms with van der Waals surface area (Å²) < 4.78 is 0. The number of hydrogen-bond donors (Lipinski definition) is 2. The van der Waals surface area contributed by atoms with Gasteiger partial charge in [0.1, 0.15) is 5.82 Å². The van der Waals surface area contributed by atoms with Crippen LogP contribution in [0.25, 0.3) is 0 Å². The molecule has 1 rings (SSSR count). The Morgan fingerprint density at radius 3 is 2.46 bits per heavy atom. The Morgan fingerprint density at radius 2 is 2.08 bits per heavy atom. The lowest BCUT2D eigenvalue weighted by Gasteiger charge is -2.15. The molecule has 4 heteroatoms. The second-order valence-electron chi connectivity index (χ2n) is 4.67. The number of H-pyrrole nitrogens is 1. The minimum atomic E-state index is -0.0926. The van der Waals surface area contributed by atoms with Gasteiger partial charge >= 0.3 is 0 Å². The van der Waals surface area contributed by atoms with Crippen LogP contribution in [0.2, 0.25) is 0 Å². The minimum Gasteiger partial charge on any atom is -0.321 e. The lowest BCUT2D eigenvalue weighted by molar-refractivity contribution is 0.401. The third-order valence-corrected chi connectivity index (χ3v) is 1.65. The molecule has 1 aromatic heterocycles. The maximum Gasteiger partial charge on any atom is 0.167 e. The Kier molecular flexibility index (Phi) is 2.71. The molecular formula is C9H18N4. The van der Waals surface area contributed by atoms with E-state index in [1.54, 1.807) is 0 Å². The van der Waals surface area contributed by atoms with Gasteiger partial charge in [0, 0.05) is 6.42 Å². The molecule has 1 unspecified atom stereocenters. The zero-order chi connectivity index (χ0) is 10.1. The van der Waals surface area contributed by atoms with E-state index >= 15 is 0 Å². The summed E-state index contributed by atoms with van der Waals surface area (Å²) in [6.45, 7) is 8.38. The van der Waals surface area contributed by atoms with Crippen LogP contribution in [0.5, 0.6) is 0 Å². The van der Waals surface area contributed by atoms with E-state index in [-0.39, 0.29) is 11.5 Å². The van der Waals surface area contributed by atoms with Crippen LogP contribution in [0.15, 0.2) is 0 Å². The molecule has 0 aromatic carbocycles. The molecule has 0 bridgehead atoms. The summed E-state index contributed by atoms with van der Waals surface area (Å²) in [6.07, 6.45) is 0.896. The Labute approximate surface area is 78.9 Å². The quantitative estimate of drug-likeness (QED) is 0.726. The van der Waals surface area contributed by atoms with E-state index in [0.29, 0.717) is 5.82 Å². The molecule has 0 saturated carbocycles. The smallest absolute Gasteiger partial charge is 0.167 e. The predicted octanol–water partition coefficient (Wildman–Crippen LogP) is 1.41. The van der Waals surface area contributed by atoms with E-state index in [4.69, 9.17) is 5.73 Å². The second-order valence-corrected chi connectivity index (χ2v) is 4.67. The zero-order valence-corrected chi connectivity index (χ0v) is 8.76. The number of rotatable bonds is 2. The van der Waals surface area contributed by atoms with Crippen molar-refractivity contribution in [3.63, 3.8) is 0 Å². The van der Waals surface area contributed by atoms with Crippen molar-refractivity contribution in [3.8, 4) is 0 Å². The molecule has 0 radical (unpaired) electrons. The molecule has 0 fully saturated rings. The van der Waals surface area contributed by atoms with Crippen molar-refractivity contribution in [3.05, 3.63) is 11.6 Å². The van der Waals surface area contributed by atoms with E-state index < -0.39 is 0 Å². The molecule has 0 aliphatic heterocycles. The fourth-order valence-corrected chi connectivity index (χ4v) is 1.10. The van der Waals surface area contributed by atoms with E-state index in [9.17, 15) is 0 Å². The first-order valence-electron chi connectivity index (χ1n) is 4.55. The van der Waals surface area contributed by atoms with Gasteiger partial charge in [0.15, 0.2) is 5.82 Å². The standard InChI is InChI=1S/C9H18N4/c1-6(10)8-11-7(12-13-8)5-9(2,3)4/h6H,5,10H2,1-4H3,(H,11,12,13). The lowest BCUT2D eigenvalue weighted by atomic mass is 9.92. The van der Waals surface area contributed by atoms with Crippen molar-refractivity contribution in [2.45, 2.75) is 40.2 Å². The van der Waals surface area contributed by atoms with Gasteiger partial charge < -0.3 is 5.73 Å². The number of hydrogen-bond acceptors (Lipinski definition) is 3. The summed E-state index contributed by atoms with van der Waals surface area (Å²) in [5.41, 5.74) is 5.88. The van der Waals surface area contributed by atoms with Crippen molar-refractivity contribution >= 4 is 0 Å². The molecule has 1 aromatic rings. The van der Waals surface area contributed by atoms with Crippen molar-refractivity contribution in [2.24, 2.45) is 11.1 Å². The molecule has 0 saturated heterocycles. The molecule has 0 aliphatic carbocycles. The van der Waals surface area contributed by atoms with Crippen molar-refractivity contribution in [1.82, 2.24) is 15.2 Å². The first-order chi connectivity index (χ1) is 5.88. The first kappa shape index (κ1) is 10.2. The van der Waals surface area contributed by atoms with Gasteiger partial charge in [0.25, 0.3) is 0 Å². The average molecular weight is 182 g/mol. The summed E-state index contributed by atoms with van der Waals surface area (Å²) in [6, 6.07) is -0.0926. The summed E-state index contributed by atoms with van der Waals surface area (Å²) in [5.74, 6) is 1.61. The molecular weight excluding hydrogens is 164 g/mol. The largest absolute Gasteiger partial charge is 0.321 e. The molecule has 0 spiro atoms. The third kappa shape index (κ3) is 3.14. The van der Waals surface area contributed by atoms with Crippen LogP contribution in [-0.4, -0.2) is 15.2 Å². The van der Waals surface area contributed by atoms with Crippen LogP contribution >= 0.6 is 0 Å². The van der Waals surface area contributed by atoms with Crippen molar-refractivity contribution < 1.29 is 0 Å². The Hall–Kier alpha value is -0.900. The van der Waals surface area contributed by atoms with Gasteiger partial charge in [-0.05, 0) is 12.3 Å². The normalized spacial score (nSPS) is 14.5. The zero-order valence-electron chi connectivity index (χ0n) is 8.76. The van der Waals surface area contributed by atoms with Crippen molar-refractivity contribution in [1.29, 1.82) is 0 Å². The lowest BCUT2D eigenvalue weighted by Crippen LogP contribution is -2.11. The number of nitrogens with zero attached hydrogens (tertiary/aromatic N) is 2. The van der Waals surface area contributed by atoms with Gasteiger partial charge in [-0.2, -0.15) is 5.10 Å². The molecule has 1 heterocycles. The summed E-state index contributed by atoms with van der Waals surface area (Å²) >= 11 is 0. The van der Waals surface area contributed by atoms with Crippen LogP contribution < -0.4 is 5.73 Å². The average Bonchev–Trinajstić information content (AvgIpc) is 2.31. The fourth-order valence-electron chi connectivity index (χ4n) is 1.10. The van der Waals surface area contributed by atoms with E-state index in [1.807, 2.05) is 6.92 Å². The third-order valence-electron chi connectivity index (χ3n) is 1.65. The van der Waals surface area contributed by atoms with Gasteiger partial charge in [-0.1, -0.05) is 20.8 Å². The predicted molar refractivity (Wildman–Crippen MR) is 52.1 cm³/mol. The maximum atomic E-state index is 5.65. The Morgan fingerprint density at radius 1 is 1.46 bits per heavy atom. The monoisotopic (exact) mass is 182 g/mol. The number of nitrogens with one attached hydrogen (secondary N) is 1. The van der Waals surface area contributed by atoms with Crippen molar-refractivity contribution in [2.75, 3.05) is 0 Å². The van der Waals surface area contributed by atoms with Gasteiger partial charge in [-0.25, -0.2) is 4.98 Å². The van der Waals surface area contributed by atoms with Crippen LogP contribution in [0.3, 0.4) is 0 Å². The summed E-state index contributed by atoms with van der Waals surface area (Å²) in [5, 5.41) is 6.94. The molecule has 3 N–H and O–H groups in total. The van der Waals surface area contributed by atoms with Crippen LogP contribution in [-0.2, 0) is 6.42 Å². The van der Waals surface area contributed by atoms with E-state index in [2.05, 4.69) is 36.0 Å². The highest BCUT2D eigenvalue weighted by Gasteiger charge is 2.15. The van der Waals surface area contributed by atoms with Crippen LogP contribution in [0.1, 0.15) is 45.4 Å². The van der Waals surface area contributed by atoms with Gasteiger partial charge in [0.05, 0.1) is 6.04 Å². The molecule has 13 heavy (non-hydrogen) atoms. The van der Waals surface area contributed by atoms with E-state index in [0.717, 1.165) is 12.2 Å². The van der Waals surface area contributed by atoms with Gasteiger partial charge in [-0.3, -0.25) is 5.10 Å². The highest BCUT2D eigenvalue weighted by Crippen LogP contribution is 2.18. The Bertz CT molecular complexity index is 269. The molecule has 74 valence electrons. The first-order valence-corrected chi connectivity index (χ1v) is 4.55. The number of aromatic amines is 1. The topological polar surface area (TPSA) is 67.6 Å². The number of aromatic nitrogens is 3. The van der Waals surface area contributed by atoms with Crippen LogP contribution in [0, 0.1) is 5.41 Å². The Balaban J connectivity index is 2.70. The van der Waals surface area contributed by atoms with Crippen LogP contribution in [0.4, 0.5) is 0 Å². The van der Waals surface area contributed by atoms with E-state index in [1.165, 1.54) is 0 Å². The maximum absolute atomic E-state index is 5.65. The molecule has 0 aliphatic rings.